The molecule has 7 nitrogen and oxygen atoms in total. The molecule has 2 aromatic rings. The topological polar surface area (TPSA) is 104 Å². The van der Waals surface area contributed by atoms with Gasteiger partial charge in [0, 0.05) is 0 Å². The third kappa shape index (κ3) is 2.92. The number of carbonyl (C=O) groups excluding carboxylic acids is 1. The number of phenols is 1. The van der Waals surface area contributed by atoms with Crippen molar-refractivity contribution >= 4 is 22.9 Å². The van der Waals surface area contributed by atoms with E-state index >= 15 is 0 Å². The predicted octanol–water partition coefficient (Wildman–Crippen LogP) is 2.02. The molecule has 1 aromatic carbocycles. The Morgan fingerprint density at radius 3 is 2.95 bits per heavy atom. The molecule has 3 rings (SSSR count). The molecule has 112 valence electrons. The summed E-state index contributed by atoms with van der Waals surface area (Å²) >= 11 is 1.15. The van der Waals surface area contributed by atoms with Crippen LogP contribution in [0.25, 0.3) is 0 Å². The summed E-state index contributed by atoms with van der Waals surface area (Å²) in [4.78, 5) is 16.6. The number of nitriles is 1. The zero-order valence-corrected chi connectivity index (χ0v) is 12.1. The van der Waals surface area contributed by atoms with E-state index in [-0.39, 0.29) is 11.4 Å². The summed E-state index contributed by atoms with van der Waals surface area (Å²) in [5.41, 5.74) is 0.512. The van der Waals surface area contributed by atoms with Crippen LogP contribution in [0.1, 0.15) is 26.5 Å². The van der Waals surface area contributed by atoms with Crippen molar-refractivity contribution < 1.29 is 19.4 Å². The number of nitrogens with one attached hydrogen (secondary N) is 1. The van der Waals surface area contributed by atoms with Gasteiger partial charge in [-0.15, -0.1) is 11.3 Å². The standard InChI is InChI=1S/C14H11N3O4S/c15-6-8-1-2-10(18)9(5-8)17-12(19)11-7-16-13(22-11)14-20-3-4-21-14/h1-2,5,7,14,18H,3-4H2,(H,17,19). The molecule has 1 aliphatic heterocycles. The quantitative estimate of drug-likeness (QED) is 0.839. The van der Waals surface area contributed by atoms with Crippen LogP contribution in [0, 0.1) is 11.3 Å². The summed E-state index contributed by atoms with van der Waals surface area (Å²) in [5.74, 6) is -0.535. The Kier molecular flexibility index (Phi) is 4.02. The van der Waals surface area contributed by atoms with Crippen molar-refractivity contribution in [2.75, 3.05) is 18.5 Å². The zero-order chi connectivity index (χ0) is 15.5. The van der Waals surface area contributed by atoms with Crippen LogP contribution < -0.4 is 5.32 Å². The summed E-state index contributed by atoms with van der Waals surface area (Å²) in [6, 6.07) is 6.16. The van der Waals surface area contributed by atoms with Crippen molar-refractivity contribution in [2.24, 2.45) is 0 Å². The zero-order valence-electron chi connectivity index (χ0n) is 11.3. The third-order valence-electron chi connectivity index (χ3n) is 2.94. The van der Waals surface area contributed by atoms with Crippen LogP contribution in [0.4, 0.5) is 5.69 Å². The van der Waals surface area contributed by atoms with Crippen molar-refractivity contribution in [1.29, 1.82) is 5.26 Å². The Hall–Kier alpha value is -2.47. The molecule has 1 fully saturated rings. The number of aromatic hydroxyl groups is 1. The predicted molar refractivity (Wildman–Crippen MR) is 77.5 cm³/mol. The van der Waals surface area contributed by atoms with Crippen LogP contribution >= 0.6 is 11.3 Å². The number of rotatable bonds is 3. The number of benzene rings is 1. The lowest BCUT2D eigenvalue weighted by atomic mass is 10.2. The molecule has 8 heteroatoms. The lowest BCUT2D eigenvalue weighted by Crippen LogP contribution is -2.10. The highest BCUT2D eigenvalue weighted by atomic mass is 32.1. The van der Waals surface area contributed by atoms with Crippen molar-refractivity contribution in [2.45, 2.75) is 6.29 Å². The first-order valence-corrected chi connectivity index (χ1v) is 7.22. The highest BCUT2D eigenvalue weighted by molar-refractivity contribution is 7.13. The lowest BCUT2D eigenvalue weighted by Gasteiger charge is -2.06. The number of ether oxygens (including phenoxy) is 2. The van der Waals surface area contributed by atoms with E-state index in [1.807, 2.05) is 6.07 Å². The number of phenolic OH excluding ortho intramolecular Hbond substituents is 1. The SMILES string of the molecule is N#Cc1ccc(O)c(NC(=O)c2cnc(C3OCCO3)s2)c1. The molecule has 0 saturated carbocycles. The molecule has 0 aliphatic carbocycles. The Balaban J connectivity index is 1.76. The molecule has 1 aliphatic rings. The molecule has 0 unspecified atom stereocenters. The molecule has 1 aromatic heterocycles. The van der Waals surface area contributed by atoms with Crippen LogP contribution in [-0.4, -0.2) is 29.2 Å². The van der Waals surface area contributed by atoms with Crippen molar-refractivity contribution in [3.05, 3.63) is 39.8 Å². The van der Waals surface area contributed by atoms with E-state index < -0.39 is 12.2 Å². The van der Waals surface area contributed by atoms with Crippen molar-refractivity contribution in [1.82, 2.24) is 4.98 Å². The Morgan fingerprint density at radius 1 is 1.45 bits per heavy atom. The maximum absolute atomic E-state index is 12.2. The molecule has 0 radical (unpaired) electrons. The number of thiazole rings is 1. The van der Waals surface area contributed by atoms with Gasteiger partial charge in [-0.3, -0.25) is 4.79 Å². The average molecular weight is 317 g/mol. The lowest BCUT2D eigenvalue weighted by molar-refractivity contribution is -0.0442. The second kappa shape index (κ2) is 6.11. The van der Waals surface area contributed by atoms with Crippen LogP contribution in [0.15, 0.2) is 24.4 Å². The second-order valence-electron chi connectivity index (χ2n) is 4.43. The molecular weight excluding hydrogens is 306 g/mol. The largest absolute Gasteiger partial charge is 0.506 e. The molecule has 2 heterocycles. The van der Waals surface area contributed by atoms with Gasteiger partial charge < -0.3 is 19.9 Å². The fourth-order valence-corrected chi connectivity index (χ4v) is 2.70. The summed E-state index contributed by atoms with van der Waals surface area (Å²) in [6.07, 6.45) is 0.896. The highest BCUT2D eigenvalue weighted by Crippen LogP contribution is 2.29. The van der Waals surface area contributed by atoms with Crippen LogP contribution in [-0.2, 0) is 9.47 Å². The molecule has 0 bridgehead atoms. The van der Waals surface area contributed by atoms with E-state index in [9.17, 15) is 9.90 Å². The molecule has 0 spiro atoms. The van der Waals surface area contributed by atoms with Gasteiger partial charge in [-0.1, -0.05) is 0 Å². The van der Waals surface area contributed by atoms with Gasteiger partial charge in [0.1, 0.15) is 15.6 Å². The van der Waals surface area contributed by atoms with Gasteiger partial charge in [0.15, 0.2) is 0 Å². The minimum absolute atomic E-state index is 0.112. The average Bonchev–Trinajstić information content (AvgIpc) is 3.20. The number of anilines is 1. The first-order valence-electron chi connectivity index (χ1n) is 6.41. The van der Waals surface area contributed by atoms with E-state index in [0.29, 0.717) is 28.7 Å². The maximum atomic E-state index is 12.2. The van der Waals surface area contributed by atoms with Crippen LogP contribution in [0.5, 0.6) is 5.75 Å². The van der Waals surface area contributed by atoms with Gasteiger partial charge in [-0.25, -0.2) is 4.98 Å². The number of nitrogens with zero attached hydrogens (tertiary/aromatic N) is 2. The molecular formula is C14H11N3O4S. The van der Waals surface area contributed by atoms with E-state index in [1.54, 1.807) is 0 Å². The van der Waals surface area contributed by atoms with E-state index in [2.05, 4.69) is 10.3 Å². The van der Waals surface area contributed by atoms with E-state index in [1.165, 1.54) is 24.4 Å². The summed E-state index contributed by atoms with van der Waals surface area (Å²) in [5, 5.41) is 21.7. The first kappa shape index (κ1) is 14.5. The molecule has 1 amide bonds. The Morgan fingerprint density at radius 2 is 2.23 bits per heavy atom. The monoisotopic (exact) mass is 317 g/mol. The van der Waals surface area contributed by atoms with E-state index in [4.69, 9.17) is 14.7 Å². The molecule has 2 N–H and O–H groups in total. The van der Waals surface area contributed by atoms with Crippen LogP contribution in [0.2, 0.25) is 0 Å². The number of amides is 1. The summed E-state index contributed by atoms with van der Waals surface area (Å²) in [7, 11) is 0. The van der Waals surface area contributed by atoms with Gasteiger partial charge in [0.25, 0.3) is 5.91 Å². The van der Waals surface area contributed by atoms with Crippen molar-refractivity contribution in [3.63, 3.8) is 0 Å². The fraction of sp³-hybridized carbons (Fsp3) is 0.214. The fourth-order valence-electron chi connectivity index (χ4n) is 1.89. The Labute approximate surface area is 129 Å². The molecule has 0 atom stereocenters. The molecule has 22 heavy (non-hydrogen) atoms. The highest BCUT2D eigenvalue weighted by Gasteiger charge is 2.23. The number of hydrogen-bond acceptors (Lipinski definition) is 7. The van der Waals surface area contributed by atoms with Crippen molar-refractivity contribution in [3.8, 4) is 11.8 Å². The van der Waals surface area contributed by atoms with Gasteiger partial charge in [-0.05, 0) is 18.2 Å². The first-order chi connectivity index (χ1) is 10.7. The van der Waals surface area contributed by atoms with Gasteiger partial charge in [0.05, 0.1) is 36.7 Å². The number of hydrogen-bond donors (Lipinski definition) is 2. The van der Waals surface area contributed by atoms with E-state index in [0.717, 1.165) is 11.3 Å². The summed E-state index contributed by atoms with van der Waals surface area (Å²) in [6.45, 7) is 1.00. The minimum atomic E-state index is -0.526. The third-order valence-corrected chi connectivity index (χ3v) is 3.96. The smallest absolute Gasteiger partial charge is 0.267 e. The maximum Gasteiger partial charge on any atom is 0.267 e. The molecule has 1 saturated heterocycles. The number of aromatic nitrogens is 1. The number of carbonyl (C=O) groups is 1. The Bertz CT molecular complexity index is 747. The minimum Gasteiger partial charge on any atom is -0.506 e. The van der Waals surface area contributed by atoms with Gasteiger partial charge in [-0.2, -0.15) is 5.26 Å². The summed E-state index contributed by atoms with van der Waals surface area (Å²) < 4.78 is 10.6. The normalized spacial score (nSPS) is 14.7. The van der Waals surface area contributed by atoms with Gasteiger partial charge in [0.2, 0.25) is 6.29 Å². The van der Waals surface area contributed by atoms with Gasteiger partial charge >= 0.3 is 0 Å². The second-order valence-corrected chi connectivity index (χ2v) is 5.50. The van der Waals surface area contributed by atoms with Crippen LogP contribution in [0.3, 0.4) is 0 Å².